The van der Waals surface area contributed by atoms with Crippen LogP contribution in [0.25, 0.3) is 11.4 Å². The zero-order chi connectivity index (χ0) is 14.9. The second-order valence-electron chi connectivity index (χ2n) is 4.01. The molecule has 104 valence electrons. The molecule has 2 rings (SSSR count). The Bertz CT molecular complexity index is 668. The highest BCUT2D eigenvalue weighted by Gasteiger charge is 2.18. The first kappa shape index (κ1) is 14.7. The monoisotopic (exact) mass is 355 g/mol. The van der Waals surface area contributed by atoms with Crippen LogP contribution in [0.2, 0.25) is 5.02 Å². The molecule has 0 bridgehead atoms. The lowest BCUT2D eigenvalue weighted by Crippen LogP contribution is -2.12. The summed E-state index contributed by atoms with van der Waals surface area (Å²) in [5.41, 5.74) is 7.21. The number of esters is 1. The molecule has 0 aliphatic heterocycles. The Morgan fingerprint density at radius 3 is 2.65 bits per heavy atom. The number of hydrogen-bond acceptors (Lipinski definition) is 5. The molecule has 0 fully saturated rings. The van der Waals surface area contributed by atoms with Gasteiger partial charge >= 0.3 is 5.97 Å². The predicted octanol–water partition coefficient (Wildman–Crippen LogP) is 3.24. The van der Waals surface area contributed by atoms with E-state index in [1.807, 2.05) is 0 Å². The van der Waals surface area contributed by atoms with Crippen molar-refractivity contribution in [3.63, 3.8) is 0 Å². The first-order valence-electron chi connectivity index (χ1n) is 5.62. The molecule has 2 N–H and O–H groups in total. The summed E-state index contributed by atoms with van der Waals surface area (Å²) in [6.45, 7) is 1.68. The van der Waals surface area contributed by atoms with Gasteiger partial charge in [-0.15, -0.1) is 0 Å². The topological polar surface area (TPSA) is 78.1 Å². The number of ether oxygens (including phenoxy) is 1. The van der Waals surface area contributed by atoms with Crippen molar-refractivity contribution in [2.45, 2.75) is 6.92 Å². The van der Waals surface area contributed by atoms with Crippen LogP contribution in [-0.2, 0) is 4.74 Å². The van der Waals surface area contributed by atoms with Gasteiger partial charge < -0.3 is 10.5 Å². The summed E-state index contributed by atoms with van der Waals surface area (Å²) in [5, 5.41) is 0.588. The fourth-order valence-corrected chi connectivity index (χ4v) is 2.21. The second-order valence-corrected chi connectivity index (χ2v) is 5.27. The number of hydrogen-bond donors (Lipinski definition) is 1. The third-order valence-corrected chi connectivity index (χ3v) is 3.90. The van der Waals surface area contributed by atoms with E-state index in [-0.39, 0.29) is 11.4 Å². The zero-order valence-corrected chi connectivity index (χ0v) is 13.1. The first-order valence-corrected chi connectivity index (χ1v) is 6.79. The smallest absolute Gasteiger partial charge is 0.343 e. The number of anilines is 1. The highest BCUT2D eigenvalue weighted by Crippen LogP contribution is 2.28. The van der Waals surface area contributed by atoms with E-state index in [4.69, 9.17) is 17.3 Å². The maximum atomic E-state index is 11.6. The quantitative estimate of drug-likeness (QED) is 0.836. The summed E-state index contributed by atoms with van der Waals surface area (Å²) in [4.78, 5) is 20.0. The van der Waals surface area contributed by atoms with Crippen LogP contribution >= 0.6 is 27.5 Å². The van der Waals surface area contributed by atoms with Gasteiger partial charge in [0.25, 0.3) is 0 Å². The van der Waals surface area contributed by atoms with Crippen molar-refractivity contribution in [1.29, 1.82) is 0 Å². The van der Waals surface area contributed by atoms with Crippen LogP contribution in [0.4, 0.5) is 5.82 Å². The molecule has 5 nitrogen and oxygen atoms in total. The van der Waals surface area contributed by atoms with Gasteiger partial charge in [0.05, 0.1) is 17.8 Å². The Labute approximate surface area is 129 Å². The number of nitrogen functional groups attached to an aromatic ring is 1. The number of aromatic nitrogens is 2. The third kappa shape index (κ3) is 2.76. The molecule has 7 heteroatoms. The zero-order valence-electron chi connectivity index (χ0n) is 10.8. The standard InChI is InChI=1S/C13H11BrClN3O2/c1-6-10(13(19)20-2)11(16)18-12(17-6)7-3-4-9(15)8(14)5-7/h3-5H,1-2H3,(H2,16,17,18). The number of nitrogens with two attached hydrogens (primary N) is 1. The summed E-state index contributed by atoms with van der Waals surface area (Å²) in [7, 11) is 1.28. The molecule has 1 aromatic heterocycles. The molecular formula is C13H11BrClN3O2. The van der Waals surface area contributed by atoms with Gasteiger partial charge in [0.2, 0.25) is 0 Å². The van der Waals surface area contributed by atoms with Crippen LogP contribution in [0.5, 0.6) is 0 Å². The Morgan fingerprint density at radius 1 is 1.40 bits per heavy atom. The molecule has 0 saturated carbocycles. The van der Waals surface area contributed by atoms with Gasteiger partial charge in [0.1, 0.15) is 11.4 Å². The summed E-state index contributed by atoms with van der Waals surface area (Å²) in [6, 6.07) is 5.29. The SMILES string of the molecule is COC(=O)c1c(C)nc(-c2ccc(Cl)c(Br)c2)nc1N. The number of aryl methyl sites for hydroxylation is 1. The minimum atomic E-state index is -0.552. The molecule has 0 aliphatic rings. The van der Waals surface area contributed by atoms with E-state index in [1.54, 1.807) is 25.1 Å². The van der Waals surface area contributed by atoms with Crippen LogP contribution in [0.15, 0.2) is 22.7 Å². The normalized spacial score (nSPS) is 10.4. The van der Waals surface area contributed by atoms with Crippen molar-refractivity contribution in [1.82, 2.24) is 9.97 Å². The van der Waals surface area contributed by atoms with Crippen LogP contribution in [-0.4, -0.2) is 23.0 Å². The number of carbonyl (C=O) groups is 1. The number of carbonyl (C=O) groups excluding carboxylic acids is 1. The number of rotatable bonds is 2. The van der Waals surface area contributed by atoms with Gasteiger partial charge in [0, 0.05) is 10.0 Å². The molecule has 0 radical (unpaired) electrons. The Hall–Kier alpha value is -1.66. The molecule has 0 amide bonds. The summed E-state index contributed by atoms with van der Waals surface area (Å²) in [5.74, 6) is -0.0423. The molecule has 20 heavy (non-hydrogen) atoms. The van der Waals surface area contributed by atoms with Crippen molar-refractivity contribution in [2.24, 2.45) is 0 Å². The molecule has 1 aromatic carbocycles. The van der Waals surface area contributed by atoms with E-state index < -0.39 is 5.97 Å². The van der Waals surface area contributed by atoms with E-state index >= 15 is 0 Å². The van der Waals surface area contributed by atoms with Crippen LogP contribution < -0.4 is 5.73 Å². The molecule has 0 saturated heterocycles. The van der Waals surface area contributed by atoms with Gasteiger partial charge in [-0.05, 0) is 41.1 Å². The third-order valence-electron chi connectivity index (χ3n) is 2.69. The fraction of sp³-hybridized carbons (Fsp3) is 0.154. The number of nitrogens with zero attached hydrogens (tertiary/aromatic N) is 2. The average molecular weight is 357 g/mol. The van der Waals surface area contributed by atoms with E-state index in [0.717, 1.165) is 10.0 Å². The molecule has 2 aromatic rings. The highest BCUT2D eigenvalue weighted by molar-refractivity contribution is 9.10. The number of methoxy groups -OCH3 is 1. The van der Waals surface area contributed by atoms with Crippen molar-refractivity contribution in [3.05, 3.63) is 39.0 Å². The lowest BCUT2D eigenvalue weighted by atomic mass is 10.1. The maximum absolute atomic E-state index is 11.6. The Balaban J connectivity index is 2.54. The van der Waals surface area contributed by atoms with Crippen molar-refractivity contribution in [2.75, 3.05) is 12.8 Å². The van der Waals surface area contributed by atoms with Gasteiger partial charge in [0.15, 0.2) is 5.82 Å². The largest absolute Gasteiger partial charge is 0.465 e. The van der Waals surface area contributed by atoms with E-state index in [1.165, 1.54) is 7.11 Å². The lowest BCUT2D eigenvalue weighted by molar-refractivity contribution is 0.0600. The van der Waals surface area contributed by atoms with Gasteiger partial charge in [-0.2, -0.15) is 0 Å². The van der Waals surface area contributed by atoms with E-state index in [9.17, 15) is 4.79 Å². The molecular weight excluding hydrogens is 346 g/mol. The Morgan fingerprint density at radius 2 is 2.10 bits per heavy atom. The first-order chi connectivity index (χ1) is 9.43. The van der Waals surface area contributed by atoms with Crippen molar-refractivity contribution >= 4 is 39.3 Å². The summed E-state index contributed by atoms with van der Waals surface area (Å²) < 4.78 is 5.38. The molecule has 0 aliphatic carbocycles. The average Bonchev–Trinajstić information content (AvgIpc) is 2.40. The van der Waals surface area contributed by atoms with Crippen LogP contribution in [0.3, 0.4) is 0 Å². The van der Waals surface area contributed by atoms with Crippen LogP contribution in [0, 0.1) is 6.92 Å². The molecule has 0 atom stereocenters. The van der Waals surface area contributed by atoms with Gasteiger partial charge in [-0.3, -0.25) is 0 Å². The summed E-state index contributed by atoms with van der Waals surface area (Å²) >= 11 is 9.28. The maximum Gasteiger partial charge on any atom is 0.343 e. The lowest BCUT2D eigenvalue weighted by Gasteiger charge is -2.09. The number of benzene rings is 1. The fourth-order valence-electron chi connectivity index (χ4n) is 1.71. The minimum absolute atomic E-state index is 0.0884. The van der Waals surface area contributed by atoms with Crippen LogP contribution in [0.1, 0.15) is 16.1 Å². The van der Waals surface area contributed by atoms with E-state index in [0.29, 0.717) is 16.5 Å². The van der Waals surface area contributed by atoms with Gasteiger partial charge in [-0.25, -0.2) is 14.8 Å². The second kappa shape index (κ2) is 5.76. The molecule has 0 spiro atoms. The van der Waals surface area contributed by atoms with E-state index in [2.05, 4.69) is 30.6 Å². The number of halogens is 2. The van der Waals surface area contributed by atoms with Crippen molar-refractivity contribution < 1.29 is 9.53 Å². The van der Waals surface area contributed by atoms with Gasteiger partial charge in [-0.1, -0.05) is 11.6 Å². The molecule has 1 heterocycles. The molecule has 0 unspecified atom stereocenters. The van der Waals surface area contributed by atoms with Crippen molar-refractivity contribution in [3.8, 4) is 11.4 Å². The minimum Gasteiger partial charge on any atom is -0.465 e. The summed E-state index contributed by atoms with van der Waals surface area (Å²) in [6.07, 6.45) is 0. The predicted molar refractivity (Wildman–Crippen MR) is 80.7 cm³/mol. The Kier molecular flexibility index (Phi) is 4.25. The highest BCUT2D eigenvalue weighted by atomic mass is 79.9.